The third-order valence-corrected chi connectivity index (χ3v) is 2.98. The van der Waals surface area contributed by atoms with E-state index in [1.165, 1.54) is 12.1 Å². The summed E-state index contributed by atoms with van der Waals surface area (Å²) < 4.78 is 13.6. The minimum absolute atomic E-state index is 0.0138. The van der Waals surface area contributed by atoms with Crippen LogP contribution in [0, 0.1) is 11.7 Å². The average molecular weight is 246 g/mol. The molecule has 1 aromatic rings. The zero-order valence-corrected chi connectivity index (χ0v) is 10.5. The molecule has 0 aliphatic carbocycles. The predicted molar refractivity (Wildman–Crippen MR) is 65.5 cm³/mol. The van der Waals surface area contributed by atoms with Gasteiger partial charge in [-0.2, -0.15) is 0 Å². The molecule has 0 fully saturated rings. The smallest absolute Gasteiger partial charge is 0.146 e. The van der Waals surface area contributed by atoms with Crippen LogP contribution < -0.4 is 4.90 Å². The fraction of sp³-hybridized carbons (Fsp3) is 0.500. The first-order valence-electron chi connectivity index (χ1n) is 5.26. The van der Waals surface area contributed by atoms with Gasteiger partial charge in [-0.1, -0.05) is 25.4 Å². The number of aliphatic hydroxyl groups is 1. The average Bonchev–Trinajstić information content (AvgIpc) is 2.22. The highest BCUT2D eigenvalue weighted by atomic mass is 35.5. The number of anilines is 1. The van der Waals surface area contributed by atoms with Gasteiger partial charge < -0.3 is 10.0 Å². The van der Waals surface area contributed by atoms with Gasteiger partial charge in [0.05, 0.1) is 18.3 Å². The van der Waals surface area contributed by atoms with Gasteiger partial charge in [0.2, 0.25) is 0 Å². The molecule has 0 aliphatic rings. The summed E-state index contributed by atoms with van der Waals surface area (Å²) in [5.41, 5.74) is 0.417. The van der Waals surface area contributed by atoms with Crippen molar-refractivity contribution >= 4 is 17.3 Å². The summed E-state index contributed by atoms with van der Waals surface area (Å²) in [7, 11) is 1.76. The largest absolute Gasteiger partial charge is 0.394 e. The molecule has 0 bridgehead atoms. The van der Waals surface area contributed by atoms with Gasteiger partial charge >= 0.3 is 0 Å². The van der Waals surface area contributed by atoms with E-state index in [1.54, 1.807) is 18.0 Å². The van der Waals surface area contributed by atoms with E-state index in [2.05, 4.69) is 0 Å². The third-order valence-electron chi connectivity index (χ3n) is 2.74. The fourth-order valence-electron chi connectivity index (χ4n) is 1.72. The molecule has 4 heteroatoms. The minimum Gasteiger partial charge on any atom is -0.394 e. The highest BCUT2D eigenvalue weighted by molar-refractivity contribution is 6.30. The maximum absolute atomic E-state index is 13.6. The molecular weight excluding hydrogens is 229 g/mol. The van der Waals surface area contributed by atoms with Crippen LogP contribution in [0.5, 0.6) is 0 Å². The number of hydrogen-bond donors (Lipinski definition) is 1. The van der Waals surface area contributed by atoms with Gasteiger partial charge in [0.25, 0.3) is 0 Å². The molecule has 0 aromatic heterocycles. The van der Waals surface area contributed by atoms with Crippen LogP contribution >= 0.6 is 11.6 Å². The lowest BCUT2D eigenvalue weighted by molar-refractivity contribution is 0.234. The van der Waals surface area contributed by atoms with E-state index in [9.17, 15) is 9.50 Å². The lowest BCUT2D eigenvalue weighted by Gasteiger charge is -2.31. The summed E-state index contributed by atoms with van der Waals surface area (Å²) in [6.07, 6.45) is 0. The number of likely N-dealkylation sites (N-methyl/N-ethyl adjacent to an activating group) is 1. The molecule has 0 spiro atoms. The second-order valence-corrected chi connectivity index (χ2v) is 4.64. The second-order valence-electron chi connectivity index (χ2n) is 4.20. The Morgan fingerprint density at radius 3 is 2.56 bits per heavy atom. The SMILES string of the molecule is CC(C)C(CO)N(C)c1cc(Cl)ccc1F. The zero-order chi connectivity index (χ0) is 12.3. The summed E-state index contributed by atoms with van der Waals surface area (Å²) in [6.45, 7) is 3.96. The first-order chi connectivity index (χ1) is 7.47. The van der Waals surface area contributed by atoms with Crippen molar-refractivity contribution in [3.05, 3.63) is 29.0 Å². The van der Waals surface area contributed by atoms with Crippen LogP contribution in [-0.2, 0) is 0 Å². The zero-order valence-electron chi connectivity index (χ0n) is 9.74. The Hall–Kier alpha value is -0.800. The molecule has 2 nitrogen and oxygen atoms in total. The Bertz CT molecular complexity index is 357. The lowest BCUT2D eigenvalue weighted by atomic mass is 10.0. The molecule has 0 saturated heterocycles. The highest BCUT2D eigenvalue weighted by Gasteiger charge is 2.20. The Morgan fingerprint density at radius 1 is 1.44 bits per heavy atom. The molecule has 16 heavy (non-hydrogen) atoms. The monoisotopic (exact) mass is 245 g/mol. The van der Waals surface area contributed by atoms with E-state index in [0.29, 0.717) is 10.7 Å². The van der Waals surface area contributed by atoms with Gasteiger partial charge in [-0.15, -0.1) is 0 Å². The van der Waals surface area contributed by atoms with Gasteiger partial charge in [-0.3, -0.25) is 0 Å². The van der Waals surface area contributed by atoms with Crippen molar-refractivity contribution in [3.63, 3.8) is 0 Å². The topological polar surface area (TPSA) is 23.5 Å². The van der Waals surface area contributed by atoms with E-state index < -0.39 is 0 Å². The summed E-state index contributed by atoms with van der Waals surface area (Å²) >= 11 is 5.83. The van der Waals surface area contributed by atoms with Crippen molar-refractivity contribution in [2.24, 2.45) is 5.92 Å². The molecule has 1 rings (SSSR count). The van der Waals surface area contributed by atoms with Crippen LogP contribution in [0.4, 0.5) is 10.1 Å². The first-order valence-corrected chi connectivity index (χ1v) is 5.64. The van der Waals surface area contributed by atoms with Crippen molar-refractivity contribution in [2.45, 2.75) is 19.9 Å². The van der Waals surface area contributed by atoms with Crippen molar-refractivity contribution in [1.82, 2.24) is 0 Å². The summed E-state index contributed by atoms with van der Waals surface area (Å²) in [5, 5.41) is 9.78. The molecule has 0 saturated carbocycles. The standard InChI is InChI=1S/C12H17ClFNO/c1-8(2)12(7-16)15(3)11-6-9(13)4-5-10(11)14/h4-6,8,12,16H,7H2,1-3H3. The fourth-order valence-corrected chi connectivity index (χ4v) is 1.88. The van der Waals surface area contributed by atoms with Crippen LogP contribution in [0.15, 0.2) is 18.2 Å². The Balaban J connectivity index is 3.02. The van der Waals surface area contributed by atoms with Gasteiger partial charge in [-0.25, -0.2) is 4.39 Å². The number of aliphatic hydroxyl groups excluding tert-OH is 1. The van der Waals surface area contributed by atoms with E-state index in [-0.39, 0.29) is 24.4 Å². The Morgan fingerprint density at radius 2 is 2.06 bits per heavy atom. The van der Waals surface area contributed by atoms with Gasteiger partial charge in [-0.05, 0) is 24.1 Å². The molecule has 0 heterocycles. The molecule has 1 N–H and O–H groups in total. The van der Waals surface area contributed by atoms with Gasteiger partial charge in [0.15, 0.2) is 0 Å². The van der Waals surface area contributed by atoms with Gasteiger partial charge in [0, 0.05) is 12.1 Å². The third kappa shape index (κ3) is 2.86. The number of benzene rings is 1. The number of nitrogens with zero attached hydrogens (tertiary/aromatic N) is 1. The van der Waals surface area contributed by atoms with E-state index >= 15 is 0 Å². The van der Waals surface area contributed by atoms with Crippen molar-refractivity contribution < 1.29 is 9.50 Å². The molecule has 1 unspecified atom stereocenters. The second kappa shape index (κ2) is 5.51. The summed E-state index contributed by atoms with van der Waals surface area (Å²) in [6, 6.07) is 4.30. The first kappa shape index (κ1) is 13.3. The van der Waals surface area contributed by atoms with Crippen LogP contribution in [-0.4, -0.2) is 24.8 Å². The summed E-state index contributed by atoms with van der Waals surface area (Å²) in [5.74, 6) is -0.0978. The Labute approximate surface area is 101 Å². The number of hydrogen-bond acceptors (Lipinski definition) is 2. The lowest BCUT2D eigenvalue weighted by Crippen LogP contribution is -2.39. The van der Waals surface area contributed by atoms with Crippen LogP contribution in [0.3, 0.4) is 0 Å². The van der Waals surface area contributed by atoms with Crippen LogP contribution in [0.25, 0.3) is 0 Å². The Kier molecular flexibility index (Phi) is 4.56. The normalized spacial score (nSPS) is 12.9. The van der Waals surface area contributed by atoms with Crippen molar-refractivity contribution in [3.8, 4) is 0 Å². The number of rotatable bonds is 4. The molecular formula is C12H17ClFNO. The minimum atomic E-state index is -0.328. The maximum atomic E-state index is 13.6. The predicted octanol–water partition coefficient (Wildman–Crippen LogP) is 2.93. The molecule has 1 aromatic carbocycles. The molecule has 90 valence electrons. The van der Waals surface area contributed by atoms with Crippen LogP contribution in [0.2, 0.25) is 5.02 Å². The van der Waals surface area contributed by atoms with E-state index in [0.717, 1.165) is 0 Å². The van der Waals surface area contributed by atoms with Crippen molar-refractivity contribution in [2.75, 3.05) is 18.6 Å². The molecule has 0 aliphatic heterocycles. The van der Waals surface area contributed by atoms with Gasteiger partial charge in [0.1, 0.15) is 5.82 Å². The maximum Gasteiger partial charge on any atom is 0.146 e. The molecule has 1 atom stereocenters. The highest BCUT2D eigenvalue weighted by Crippen LogP contribution is 2.25. The molecule has 0 amide bonds. The quantitative estimate of drug-likeness (QED) is 0.882. The van der Waals surface area contributed by atoms with E-state index in [1.807, 2.05) is 13.8 Å². The van der Waals surface area contributed by atoms with Crippen molar-refractivity contribution in [1.29, 1.82) is 0 Å². The molecule has 0 radical (unpaired) electrons. The van der Waals surface area contributed by atoms with E-state index in [4.69, 9.17) is 11.6 Å². The van der Waals surface area contributed by atoms with Crippen LogP contribution in [0.1, 0.15) is 13.8 Å². The number of halogens is 2. The summed E-state index contributed by atoms with van der Waals surface area (Å²) in [4.78, 5) is 1.73.